The topological polar surface area (TPSA) is 67.4 Å². The number of rotatable bonds is 7. The summed E-state index contributed by atoms with van der Waals surface area (Å²) in [5.41, 5.74) is 2.06. The van der Waals surface area contributed by atoms with Crippen LogP contribution < -0.4 is 10.8 Å². The van der Waals surface area contributed by atoms with Gasteiger partial charge in [0.15, 0.2) is 0 Å². The van der Waals surface area contributed by atoms with E-state index in [2.05, 4.69) is 15.6 Å². The molecule has 1 rings (SSSR count). The smallest absolute Gasteiger partial charge is 0.339 e. The molecule has 1 unspecified atom stereocenters. The number of hydrogen-bond donors (Lipinski definition) is 2. The summed E-state index contributed by atoms with van der Waals surface area (Å²) in [6.07, 6.45) is 6.15. The molecular weight excluding hydrogens is 284 g/mol. The van der Waals surface area contributed by atoms with Crippen molar-refractivity contribution >= 4 is 33.6 Å². The van der Waals surface area contributed by atoms with Gasteiger partial charge in [0.1, 0.15) is 0 Å². The normalized spacial score (nSPS) is 18.1. The zero-order valence-electron chi connectivity index (χ0n) is 11.3. The van der Waals surface area contributed by atoms with Crippen LogP contribution in [0.2, 0.25) is 0 Å². The molecule has 1 aliphatic rings. The lowest BCUT2D eigenvalue weighted by Gasteiger charge is -2.08. The zero-order valence-corrected chi connectivity index (χ0v) is 12.9. The van der Waals surface area contributed by atoms with Crippen LogP contribution in [0, 0.1) is 0 Å². The van der Waals surface area contributed by atoms with Gasteiger partial charge in [-0.15, -0.1) is 0 Å². The minimum atomic E-state index is -0.454. The first-order valence-electron chi connectivity index (χ1n) is 6.74. The first-order chi connectivity index (χ1) is 9.22. The van der Waals surface area contributed by atoms with Crippen LogP contribution in [0.15, 0.2) is 0 Å². The van der Waals surface area contributed by atoms with Crippen molar-refractivity contribution in [1.82, 2.24) is 10.8 Å². The number of carbonyl (C=O) groups is 2. The van der Waals surface area contributed by atoms with E-state index in [9.17, 15) is 9.59 Å². The Hall–Kier alpha value is -0.560. The first-order valence-corrected chi connectivity index (χ1v) is 9.12. The molecule has 2 N–H and O–H groups in total. The van der Waals surface area contributed by atoms with E-state index in [0.717, 1.165) is 18.1 Å². The highest BCUT2D eigenvalue weighted by molar-refractivity contribution is 8.77. The van der Waals surface area contributed by atoms with Gasteiger partial charge in [-0.2, -0.15) is 5.48 Å². The van der Waals surface area contributed by atoms with E-state index in [4.69, 9.17) is 0 Å². The van der Waals surface area contributed by atoms with E-state index < -0.39 is 12.0 Å². The number of hydrogen-bond acceptors (Lipinski definition) is 5. The largest absolute Gasteiger partial charge is 0.348 e. The van der Waals surface area contributed by atoms with Crippen molar-refractivity contribution in [3.05, 3.63) is 0 Å². The van der Waals surface area contributed by atoms with Crippen molar-refractivity contribution in [3.63, 3.8) is 0 Å². The number of unbranched alkanes of at least 4 members (excludes halogenated alkanes) is 2. The monoisotopic (exact) mass is 306 g/mol. The summed E-state index contributed by atoms with van der Waals surface area (Å²) in [5.74, 6) is 0.843. The standard InChI is InChI=1S/C12H22N2O3S2/c1-2-11(15)17-14-12(16)13-8-5-3-4-6-10-7-9-18-19-10/h10H,2-9H2,1H3,(H2,13,14,16). The van der Waals surface area contributed by atoms with Crippen LogP contribution in [0.3, 0.4) is 0 Å². The Morgan fingerprint density at radius 2 is 2.16 bits per heavy atom. The molecule has 0 aromatic rings. The van der Waals surface area contributed by atoms with Crippen LogP contribution >= 0.6 is 21.6 Å². The van der Waals surface area contributed by atoms with E-state index in [0.29, 0.717) is 6.54 Å². The highest BCUT2D eigenvalue weighted by Crippen LogP contribution is 2.39. The van der Waals surface area contributed by atoms with Crippen LogP contribution in [0.25, 0.3) is 0 Å². The Bertz CT molecular complexity index is 284. The minimum Gasteiger partial charge on any atom is -0.339 e. The van der Waals surface area contributed by atoms with Gasteiger partial charge < -0.3 is 10.2 Å². The van der Waals surface area contributed by atoms with E-state index in [1.54, 1.807) is 6.92 Å². The maximum absolute atomic E-state index is 11.2. The average Bonchev–Trinajstić information content (AvgIpc) is 2.93. The fraction of sp³-hybridized carbons (Fsp3) is 0.833. The zero-order chi connectivity index (χ0) is 13.9. The Balaban J connectivity index is 1.86. The summed E-state index contributed by atoms with van der Waals surface area (Å²) in [6.45, 7) is 2.28. The summed E-state index contributed by atoms with van der Waals surface area (Å²) in [4.78, 5) is 26.5. The molecule has 0 aliphatic carbocycles. The molecule has 110 valence electrons. The third kappa shape index (κ3) is 8.26. The molecule has 1 saturated heterocycles. The van der Waals surface area contributed by atoms with E-state index >= 15 is 0 Å². The predicted octanol–water partition coefficient (Wildman–Crippen LogP) is 2.87. The van der Waals surface area contributed by atoms with Crippen molar-refractivity contribution in [2.24, 2.45) is 0 Å². The summed E-state index contributed by atoms with van der Waals surface area (Å²) in [6, 6.07) is -0.454. The van der Waals surface area contributed by atoms with Crippen LogP contribution in [-0.4, -0.2) is 29.5 Å². The molecule has 1 heterocycles. The summed E-state index contributed by atoms with van der Waals surface area (Å²) in [5, 5.41) is 3.48. The maximum atomic E-state index is 11.2. The van der Waals surface area contributed by atoms with Gasteiger partial charge in [0.2, 0.25) is 0 Å². The molecule has 5 nitrogen and oxygen atoms in total. The number of nitrogens with one attached hydrogen (secondary N) is 2. The Kier molecular flexibility index (Phi) is 8.90. The highest BCUT2D eigenvalue weighted by atomic mass is 33.1. The van der Waals surface area contributed by atoms with E-state index in [1.807, 2.05) is 21.6 Å². The Morgan fingerprint density at radius 3 is 2.84 bits per heavy atom. The fourth-order valence-corrected chi connectivity index (χ4v) is 4.68. The molecule has 1 atom stereocenters. The number of hydroxylamine groups is 1. The second-order valence-corrected chi connectivity index (χ2v) is 7.15. The summed E-state index contributed by atoms with van der Waals surface area (Å²) in [7, 11) is 3.98. The Labute approximate surface area is 122 Å². The number of carbonyl (C=O) groups excluding carboxylic acids is 2. The average molecular weight is 306 g/mol. The first kappa shape index (κ1) is 16.5. The fourth-order valence-electron chi connectivity index (χ4n) is 1.65. The van der Waals surface area contributed by atoms with Crippen molar-refractivity contribution in [1.29, 1.82) is 0 Å². The molecule has 1 aliphatic heterocycles. The molecule has 7 heteroatoms. The second-order valence-electron chi connectivity index (χ2n) is 4.36. The van der Waals surface area contributed by atoms with Crippen LogP contribution in [0.5, 0.6) is 0 Å². The molecule has 0 saturated carbocycles. The predicted molar refractivity (Wildman–Crippen MR) is 79.8 cm³/mol. The lowest BCUT2D eigenvalue weighted by atomic mass is 10.1. The minimum absolute atomic E-state index is 0.248. The van der Waals surface area contributed by atoms with Gasteiger partial charge in [0.05, 0.1) is 0 Å². The van der Waals surface area contributed by atoms with Crippen molar-refractivity contribution in [2.45, 2.75) is 50.7 Å². The molecule has 0 bridgehead atoms. The lowest BCUT2D eigenvalue weighted by molar-refractivity contribution is -0.148. The lowest BCUT2D eigenvalue weighted by Crippen LogP contribution is -2.37. The maximum Gasteiger partial charge on any atom is 0.348 e. The van der Waals surface area contributed by atoms with Gasteiger partial charge in [-0.05, 0) is 19.3 Å². The number of amides is 2. The van der Waals surface area contributed by atoms with Gasteiger partial charge in [-0.25, -0.2) is 9.59 Å². The molecule has 0 spiro atoms. The molecular formula is C12H22N2O3S2. The Morgan fingerprint density at radius 1 is 1.32 bits per heavy atom. The third-order valence-corrected chi connectivity index (χ3v) is 5.77. The van der Waals surface area contributed by atoms with Gasteiger partial charge in [-0.3, -0.25) is 0 Å². The molecule has 0 aromatic carbocycles. The van der Waals surface area contributed by atoms with Crippen molar-refractivity contribution < 1.29 is 14.4 Å². The second kappa shape index (κ2) is 10.3. The number of urea groups is 1. The highest BCUT2D eigenvalue weighted by Gasteiger charge is 2.15. The van der Waals surface area contributed by atoms with Crippen LogP contribution in [-0.2, 0) is 9.63 Å². The summed E-state index contributed by atoms with van der Waals surface area (Å²) < 4.78 is 0. The van der Waals surface area contributed by atoms with Crippen molar-refractivity contribution in [3.8, 4) is 0 Å². The third-order valence-electron chi connectivity index (χ3n) is 2.76. The summed E-state index contributed by atoms with van der Waals surface area (Å²) >= 11 is 0. The van der Waals surface area contributed by atoms with E-state index in [-0.39, 0.29) is 6.42 Å². The molecule has 19 heavy (non-hydrogen) atoms. The van der Waals surface area contributed by atoms with Gasteiger partial charge in [-0.1, -0.05) is 41.4 Å². The van der Waals surface area contributed by atoms with Crippen LogP contribution in [0.4, 0.5) is 4.79 Å². The SMILES string of the molecule is CCC(=O)ONC(=O)NCCCCCC1CCSS1. The van der Waals surface area contributed by atoms with Crippen LogP contribution in [0.1, 0.15) is 45.4 Å². The van der Waals surface area contributed by atoms with Gasteiger partial charge in [0.25, 0.3) is 0 Å². The molecule has 0 radical (unpaired) electrons. The van der Waals surface area contributed by atoms with Crippen molar-refractivity contribution in [2.75, 3.05) is 12.3 Å². The molecule has 0 aromatic heterocycles. The van der Waals surface area contributed by atoms with E-state index in [1.165, 1.54) is 25.0 Å². The van der Waals surface area contributed by atoms with Gasteiger partial charge in [0, 0.05) is 24.0 Å². The van der Waals surface area contributed by atoms with Gasteiger partial charge >= 0.3 is 12.0 Å². The molecule has 1 fully saturated rings. The quantitative estimate of drug-likeness (QED) is 0.430. The molecule has 2 amide bonds.